The molecule has 2 atom stereocenters. The molecule has 1 heterocycles. The second-order valence-corrected chi connectivity index (χ2v) is 5.80. The van der Waals surface area contributed by atoms with Crippen molar-refractivity contribution in [1.82, 2.24) is 5.32 Å². The second kappa shape index (κ2) is 6.86. The minimum Gasteiger partial charge on any atom is -0.480 e. The highest BCUT2D eigenvalue weighted by Gasteiger charge is 2.41. The van der Waals surface area contributed by atoms with E-state index in [0.717, 1.165) is 11.3 Å². The number of aliphatic carboxylic acids is 1. The highest BCUT2D eigenvalue weighted by molar-refractivity contribution is 5.96. The molecule has 0 bridgehead atoms. The van der Waals surface area contributed by atoms with Crippen molar-refractivity contribution in [3.05, 3.63) is 65.7 Å². The number of rotatable bonds is 6. The standard InChI is InChI=1S/C19H18N2O4/c1-25-19(12-20-15-10-6-5-9-14(15)19)11-16(18(23)24)21-17(22)13-7-3-2-4-8-13/h2-10,12,16H,11H2,1H3,(H,21,22)(H,23,24)/t16-,19?/m0/s1. The molecule has 0 fully saturated rings. The van der Waals surface area contributed by atoms with Gasteiger partial charge >= 0.3 is 5.97 Å². The van der Waals surface area contributed by atoms with Crippen LogP contribution in [0.5, 0.6) is 0 Å². The molecular weight excluding hydrogens is 320 g/mol. The van der Waals surface area contributed by atoms with Gasteiger partial charge in [-0.1, -0.05) is 36.4 Å². The van der Waals surface area contributed by atoms with E-state index in [9.17, 15) is 14.7 Å². The molecule has 2 N–H and O–H groups in total. The lowest BCUT2D eigenvalue weighted by Gasteiger charge is -2.29. The lowest BCUT2D eigenvalue weighted by Crippen LogP contribution is -2.46. The first-order chi connectivity index (χ1) is 12.1. The fourth-order valence-corrected chi connectivity index (χ4v) is 2.93. The van der Waals surface area contributed by atoms with Gasteiger partial charge in [-0.3, -0.25) is 9.79 Å². The number of nitrogens with zero attached hydrogens (tertiary/aromatic N) is 1. The third kappa shape index (κ3) is 3.29. The van der Waals surface area contributed by atoms with Gasteiger partial charge in [0, 0.05) is 30.9 Å². The number of carboxylic acids is 1. The number of methoxy groups -OCH3 is 1. The van der Waals surface area contributed by atoms with E-state index in [4.69, 9.17) is 4.74 Å². The summed E-state index contributed by atoms with van der Waals surface area (Å²) < 4.78 is 5.63. The third-order valence-corrected chi connectivity index (χ3v) is 4.28. The summed E-state index contributed by atoms with van der Waals surface area (Å²) in [5.74, 6) is -1.57. The average Bonchev–Trinajstić information content (AvgIpc) is 3.01. The van der Waals surface area contributed by atoms with E-state index in [1.165, 1.54) is 7.11 Å². The molecule has 0 radical (unpaired) electrons. The summed E-state index contributed by atoms with van der Waals surface area (Å²) in [5, 5.41) is 12.1. The predicted octanol–water partition coefficient (Wildman–Crippen LogP) is 2.52. The average molecular weight is 338 g/mol. The van der Waals surface area contributed by atoms with Gasteiger partial charge in [0.05, 0.1) is 5.69 Å². The molecule has 1 aliphatic rings. The van der Waals surface area contributed by atoms with E-state index < -0.39 is 23.5 Å². The summed E-state index contributed by atoms with van der Waals surface area (Å²) in [4.78, 5) is 28.3. The number of carboxylic acid groups (broad SMARTS) is 1. The summed E-state index contributed by atoms with van der Waals surface area (Å²) in [7, 11) is 1.51. The van der Waals surface area contributed by atoms with Gasteiger partial charge in [0.25, 0.3) is 5.91 Å². The third-order valence-electron chi connectivity index (χ3n) is 4.28. The predicted molar refractivity (Wildman–Crippen MR) is 93.2 cm³/mol. The zero-order valence-electron chi connectivity index (χ0n) is 13.7. The zero-order chi connectivity index (χ0) is 17.9. The van der Waals surface area contributed by atoms with Crippen LogP contribution >= 0.6 is 0 Å². The molecule has 2 aromatic rings. The first-order valence-corrected chi connectivity index (χ1v) is 7.84. The molecule has 25 heavy (non-hydrogen) atoms. The van der Waals surface area contributed by atoms with E-state index in [1.807, 2.05) is 24.3 Å². The molecule has 6 heteroatoms. The number of para-hydroxylation sites is 1. The summed E-state index contributed by atoms with van der Waals surface area (Å²) in [6, 6.07) is 14.8. The van der Waals surface area contributed by atoms with E-state index >= 15 is 0 Å². The SMILES string of the molecule is COC1(C[C@H](NC(=O)c2ccccc2)C(=O)O)C=Nc2ccccc21. The number of fused-ring (bicyclic) bond motifs is 1. The van der Waals surface area contributed by atoms with Gasteiger partial charge in [0.1, 0.15) is 11.6 Å². The maximum absolute atomic E-state index is 12.3. The quantitative estimate of drug-likeness (QED) is 0.847. The number of amides is 1. The maximum Gasteiger partial charge on any atom is 0.326 e. The van der Waals surface area contributed by atoms with Crippen molar-refractivity contribution in [2.45, 2.75) is 18.1 Å². The lowest BCUT2D eigenvalue weighted by atomic mass is 9.88. The monoisotopic (exact) mass is 338 g/mol. The molecule has 0 aliphatic carbocycles. The maximum atomic E-state index is 12.3. The number of benzene rings is 2. The summed E-state index contributed by atoms with van der Waals surface area (Å²) in [6.07, 6.45) is 1.64. The van der Waals surface area contributed by atoms with Crippen molar-refractivity contribution in [2.75, 3.05) is 7.11 Å². The van der Waals surface area contributed by atoms with Crippen molar-refractivity contribution in [3.8, 4) is 0 Å². The van der Waals surface area contributed by atoms with Crippen molar-refractivity contribution < 1.29 is 19.4 Å². The number of nitrogens with one attached hydrogen (secondary N) is 1. The molecule has 2 aromatic carbocycles. The largest absolute Gasteiger partial charge is 0.480 e. The number of aliphatic imine (C=N–C) groups is 1. The molecule has 0 spiro atoms. The molecule has 3 rings (SSSR count). The van der Waals surface area contributed by atoms with E-state index in [1.54, 1.807) is 36.5 Å². The van der Waals surface area contributed by atoms with Crippen LogP contribution in [-0.2, 0) is 15.1 Å². The van der Waals surface area contributed by atoms with Crippen LogP contribution in [0.1, 0.15) is 22.3 Å². The van der Waals surface area contributed by atoms with Crippen LogP contribution in [-0.4, -0.2) is 36.3 Å². The number of carbonyl (C=O) groups excluding carboxylic acids is 1. The van der Waals surface area contributed by atoms with Gasteiger partial charge in [-0.2, -0.15) is 0 Å². The Kier molecular flexibility index (Phi) is 4.63. The highest BCUT2D eigenvalue weighted by atomic mass is 16.5. The summed E-state index contributed by atoms with van der Waals surface area (Å²) in [6.45, 7) is 0. The van der Waals surface area contributed by atoms with Gasteiger partial charge in [0.15, 0.2) is 0 Å². The Hall–Kier alpha value is -2.99. The van der Waals surface area contributed by atoms with Crippen molar-refractivity contribution in [1.29, 1.82) is 0 Å². The molecule has 0 saturated heterocycles. The van der Waals surface area contributed by atoms with E-state index in [2.05, 4.69) is 10.3 Å². The molecule has 1 unspecified atom stereocenters. The van der Waals surface area contributed by atoms with Gasteiger partial charge in [-0.15, -0.1) is 0 Å². The second-order valence-electron chi connectivity index (χ2n) is 5.80. The summed E-state index contributed by atoms with van der Waals surface area (Å²) >= 11 is 0. The van der Waals surface area contributed by atoms with Gasteiger partial charge < -0.3 is 15.2 Å². The Bertz CT molecular complexity index is 819. The first kappa shape index (κ1) is 16.9. The van der Waals surface area contributed by atoms with Crippen LogP contribution in [0.3, 0.4) is 0 Å². The Morgan fingerprint density at radius 3 is 2.52 bits per heavy atom. The van der Waals surface area contributed by atoms with Crippen LogP contribution in [0.2, 0.25) is 0 Å². The highest BCUT2D eigenvalue weighted by Crippen LogP contribution is 2.40. The van der Waals surface area contributed by atoms with Crippen LogP contribution in [0.4, 0.5) is 5.69 Å². The molecule has 128 valence electrons. The van der Waals surface area contributed by atoms with Crippen LogP contribution < -0.4 is 5.32 Å². The van der Waals surface area contributed by atoms with Crippen molar-refractivity contribution in [2.24, 2.45) is 4.99 Å². The van der Waals surface area contributed by atoms with Gasteiger partial charge in [0.2, 0.25) is 0 Å². The fraction of sp³-hybridized carbons (Fsp3) is 0.211. The molecule has 1 amide bonds. The minimum absolute atomic E-state index is 0.0396. The van der Waals surface area contributed by atoms with Crippen LogP contribution in [0.25, 0.3) is 0 Å². The van der Waals surface area contributed by atoms with Crippen molar-refractivity contribution >= 4 is 23.8 Å². The van der Waals surface area contributed by atoms with Crippen LogP contribution in [0, 0.1) is 0 Å². The minimum atomic E-state index is -1.13. The van der Waals surface area contributed by atoms with E-state index in [-0.39, 0.29) is 6.42 Å². The molecular formula is C19H18N2O4. The number of hydrogen-bond donors (Lipinski definition) is 2. The Morgan fingerprint density at radius 2 is 1.84 bits per heavy atom. The normalized spacial score (nSPS) is 19.2. The van der Waals surface area contributed by atoms with Crippen LogP contribution in [0.15, 0.2) is 59.6 Å². The van der Waals surface area contributed by atoms with Gasteiger partial charge in [-0.05, 0) is 18.2 Å². The molecule has 6 nitrogen and oxygen atoms in total. The van der Waals surface area contributed by atoms with Gasteiger partial charge in [-0.25, -0.2) is 4.79 Å². The topological polar surface area (TPSA) is 88.0 Å². The smallest absolute Gasteiger partial charge is 0.326 e. The Balaban J connectivity index is 1.84. The summed E-state index contributed by atoms with van der Waals surface area (Å²) in [5.41, 5.74) is 0.949. The Labute approximate surface area is 145 Å². The molecule has 0 aromatic heterocycles. The first-order valence-electron chi connectivity index (χ1n) is 7.84. The lowest BCUT2D eigenvalue weighted by molar-refractivity contribution is -0.140. The Morgan fingerprint density at radius 1 is 1.16 bits per heavy atom. The number of ether oxygens (including phenoxy) is 1. The molecule has 0 saturated carbocycles. The number of carbonyl (C=O) groups is 2. The molecule has 1 aliphatic heterocycles. The van der Waals surface area contributed by atoms with E-state index in [0.29, 0.717) is 5.56 Å². The zero-order valence-corrected chi connectivity index (χ0v) is 13.7. The fourth-order valence-electron chi connectivity index (χ4n) is 2.93. The number of hydrogen-bond acceptors (Lipinski definition) is 4. The van der Waals surface area contributed by atoms with Crippen molar-refractivity contribution in [3.63, 3.8) is 0 Å².